The van der Waals surface area contributed by atoms with Gasteiger partial charge >= 0.3 is 5.97 Å². The van der Waals surface area contributed by atoms with E-state index in [2.05, 4.69) is 19.1 Å². The van der Waals surface area contributed by atoms with Crippen LogP contribution in [-0.2, 0) is 4.79 Å². The molecule has 122 valence electrons. The van der Waals surface area contributed by atoms with E-state index in [4.69, 9.17) is 16.7 Å². The normalized spacial score (nSPS) is 13.3. The van der Waals surface area contributed by atoms with Gasteiger partial charge in [0.25, 0.3) is 0 Å². The molecule has 0 bridgehead atoms. The fraction of sp³-hybridized carbons (Fsp3) is 0.250. The maximum absolute atomic E-state index is 10.5. The van der Waals surface area contributed by atoms with Gasteiger partial charge in [0.2, 0.25) is 0 Å². The Morgan fingerprint density at radius 1 is 1.09 bits per heavy atom. The lowest BCUT2D eigenvalue weighted by molar-refractivity contribution is -0.131. The van der Waals surface area contributed by atoms with Crippen molar-refractivity contribution >= 4 is 23.6 Å². The van der Waals surface area contributed by atoms with Crippen molar-refractivity contribution in [1.29, 1.82) is 0 Å². The Kier molecular flexibility index (Phi) is 7.05. The first-order valence-electron chi connectivity index (χ1n) is 7.43. The van der Waals surface area contributed by atoms with Crippen molar-refractivity contribution in [3.05, 3.63) is 74.9 Å². The fourth-order valence-corrected chi connectivity index (χ4v) is 2.45. The highest BCUT2D eigenvalue weighted by Crippen LogP contribution is 2.27. The van der Waals surface area contributed by atoms with E-state index >= 15 is 0 Å². The van der Waals surface area contributed by atoms with E-state index in [9.17, 15) is 4.79 Å². The average Bonchev–Trinajstić information content (AvgIpc) is 2.44. The molecule has 3 heteroatoms. The second-order valence-corrected chi connectivity index (χ2v) is 6.07. The number of aryl methyl sites for hydroxylation is 2. The van der Waals surface area contributed by atoms with Gasteiger partial charge in [0.1, 0.15) is 0 Å². The molecule has 0 aromatic heterocycles. The number of benzene rings is 1. The lowest BCUT2D eigenvalue weighted by Crippen LogP contribution is -1.91. The highest BCUT2D eigenvalue weighted by Gasteiger charge is 2.06. The van der Waals surface area contributed by atoms with E-state index in [0.717, 1.165) is 27.3 Å². The van der Waals surface area contributed by atoms with E-state index < -0.39 is 5.97 Å². The van der Waals surface area contributed by atoms with Crippen molar-refractivity contribution in [3.8, 4) is 0 Å². The van der Waals surface area contributed by atoms with Crippen molar-refractivity contribution in [2.24, 2.45) is 0 Å². The Balaban J connectivity index is 2.94. The summed E-state index contributed by atoms with van der Waals surface area (Å²) in [4.78, 5) is 10.5. The van der Waals surface area contributed by atoms with Gasteiger partial charge in [-0.1, -0.05) is 53.6 Å². The van der Waals surface area contributed by atoms with Crippen LogP contribution in [-0.4, -0.2) is 11.1 Å². The molecule has 1 aromatic carbocycles. The van der Waals surface area contributed by atoms with Crippen LogP contribution in [0.15, 0.2) is 47.6 Å². The molecule has 0 fully saturated rings. The molecular formula is C20H23ClO2. The van der Waals surface area contributed by atoms with Crippen molar-refractivity contribution in [2.45, 2.75) is 34.6 Å². The molecule has 0 saturated heterocycles. The number of allylic oxidation sites excluding steroid dienone is 6. The number of aliphatic carboxylic acids is 1. The van der Waals surface area contributed by atoms with Crippen LogP contribution in [0, 0.1) is 20.8 Å². The first kappa shape index (κ1) is 19.0. The predicted octanol–water partition coefficient (Wildman–Crippen LogP) is 5.81. The highest BCUT2D eigenvalue weighted by atomic mass is 35.5. The van der Waals surface area contributed by atoms with Gasteiger partial charge in [0.05, 0.1) is 0 Å². The number of carbonyl (C=O) groups is 1. The molecule has 0 saturated carbocycles. The van der Waals surface area contributed by atoms with E-state index in [1.807, 2.05) is 39.0 Å². The minimum absolute atomic E-state index is 0.697. The third-order valence-corrected chi connectivity index (χ3v) is 4.10. The molecule has 0 aliphatic carbocycles. The average molecular weight is 331 g/mol. The van der Waals surface area contributed by atoms with Gasteiger partial charge < -0.3 is 5.11 Å². The van der Waals surface area contributed by atoms with Gasteiger partial charge in [-0.2, -0.15) is 0 Å². The Morgan fingerprint density at radius 2 is 1.74 bits per heavy atom. The van der Waals surface area contributed by atoms with Crippen LogP contribution in [0.25, 0.3) is 6.08 Å². The summed E-state index contributed by atoms with van der Waals surface area (Å²) < 4.78 is 0. The molecule has 0 aliphatic heterocycles. The standard InChI is InChI=1S/C20H23ClO2/c1-13(7-6-8-14(2)11-19(22)23)9-10-18-15(3)12-16(4)20(21)17(18)5/h6-12H,1-5H3,(H,22,23)/b8-6+,10-9+,13-7+,14-11+. The molecule has 0 spiro atoms. The van der Waals surface area contributed by atoms with Gasteiger partial charge in [-0.05, 0) is 62.4 Å². The maximum Gasteiger partial charge on any atom is 0.328 e. The van der Waals surface area contributed by atoms with Gasteiger partial charge in [-0.3, -0.25) is 0 Å². The summed E-state index contributed by atoms with van der Waals surface area (Å²) in [5.41, 5.74) is 6.28. The van der Waals surface area contributed by atoms with Crippen LogP contribution in [0.3, 0.4) is 0 Å². The number of hydrogen-bond donors (Lipinski definition) is 1. The molecule has 0 aliphatic rings. The van der Waals surface area contributed by atoms with Gasteiger partial charge in [0.15, 0.2) is 0 Å². The third-order valence-electron chi connectivity index (χ3n) is 3.52. The molecule has 0 atom stereocenters. The zero-order valence-corrected chi connectivity index (χ0v) is 15.0. The molecule has 0 amide bonds. The lowest BCUT2D eigenvalue weighted by atomic mass is 9.98. The monoisotopic (exact) mass is 330 g/mol. The Labute approximate surface area is 143 Å². The minimum Gasteiger partial charge on any atom is -0.478 e. The van der Waals surface area contributed by atoms with Crippen LogP contribution in [0.4, 0.5) is 0 Å². The van der Waals surface area contributed by atoms with Crippen molar-refractivity contribution in [3.63, 3.8) is 0 Å². The van der Waals surface area contributed by atoms with Crippen LogP contribution < -0.4 is 0 Å². The number of halogens is 1. The van der Waals surface area contributed by atoms with Crippen LogP contribution in [0.5, 0.6) is 0 Å². The minimum atomic E-state index is -0.935. The second-order valence-electron chi connectivity index (χ2n) is 5.69. The van der Waals surface area contributed by atoms with E-state index in [1.54, 1.807) is 13.0 Å². The summed E-state index contributed by atoms with van der Waals surface area (Å²) in [6.07, 6.45) is 10.8. The zero-order chi connectivity index (χ0) is 17.6. The molecule has 2 nitrogen and oxygen atoms in total. The van der Waals surface area contributed by atoms with E-state index in [-0.39, 0.29) is 0 Å². The molecule has 1 N–H and O–H groups in total. The summed E-state index contributed by atoms with van der Waals surface area (Å²) in [5.74, 6) is -0.935. The summed E-state index contributed by atoms with van der Waals surface area (Å²) in [6, 6.07) is 2.09. The first-order chi connectivity index (χ1) is 10.7. The number of carboxylic acid groups (broad SMARTS) is 1. The van der Waals surface area contributed by atoms with Gasteiger partial charge in [-0.15, -0.1) is 0 Å². The maximum atomic E-state index is 10.5. The number of hydrogen-bond acceptors (Lipinski definition) is 1. The third kappa shape index (κ3) is 5.91. The molecule has 1 rings (SSSR count). The quantitative estimate of drug-likeness (QED) is 0.546. The predicted molar refractivity (Wildman–Crippen MR) is 99.0 cm³/mol. The SMILES string of the molecule is CC(/C=C/c1c(C)cc(C)c(Cl)c1C)=C\C=C\C(C)=C\C(=O)O. The van der Waals surface area contributed by atoms with E-state index in [1.165, 1.54) is 11.6 Å². The summed E-state index contributed by atoms with van der Waals surface area (Å²) in [5, 5.41) is 9.46. The lowest BCUT2D eigenvalue weighted by Gasteiger charge is -2.10. The Morgan fingerprint density at radius 3 is 2.35 bits per heavy atom. The zero-order valence-electron chi connectivity index (χ0n) is 14.3. The molecule has 1 aromatic rings. The van der Waals surface area contributed by atoms with Crippen molar-refractivity contribution < 1.29 is 9.90 Å². The van der Waals surface area contributed by atoms with Gasteiger partial charge in [-0.25, -0.2) is 4.79 Å². The van der Waals surface area contributed by atoms with Crippen molar-refractivity contribution in [2.75, 3.05) is 0 Å². The van der Waals surface area contributed by atoms with Gasteiger partial charge in [0, 0.05) is 11.1 Å². The topological polar surface area (TPSA) is 37.3 Å². The van der Waals surface area contributed by atoms with Crippen LogP contribution >= 0.6 is 11.6 Å². The van der Waals surface area contributed by atoms with E-state index in [0.29, 0.717) is 5.57 Å². The molecule has 0 radical (unpaired) electrons. The number of rotatable bonds is 5. The van der Waals surface area contributed by atoms with Crippen LogP contribution in [0.1, 0.15) is 36.1 Å². The molecule has 0 heterocycles. The largest absolute Gasteiger partial charge is 0.478 e. The highest BCUT2D eigenvalue weighted by molar-refractivity contribution is 6.32. The first-order valence-corrected chi connectivity index (χ1v) is 7.80. The second kappa shape index (κ2) is 8.54. The smallest absolute Gasteiger partial charge is 0.328 e. The van der Waals surface area contributed by atoms with Crippen LogP contribution in [0.2, 0.25) is 5.02 Å². The molecule has 23 heavy (non-hydrogen) atoms. The number of carboxylic acids is 1. The molecule has 0 unspecified atom stereocenters. The van der Waals surface area contributed by atoms with Crippen molar-refractivity contribution in [1.82, 2.24) is 0 Å². The Hall–Kier alpha value is -2.06. The summed E-state index contributed by atoms with van der Waals surface area (Å²) in [6.45, 7) is 9.87. The summed E-state index contributed by atoms with van der Waals surface area (Å²) in [7, 11) is 0. The fourth-order valence-electron chi connectivity index (χ4n) is 2.30. The Bertz CT molecular complexity index is 720. The summed E-state index contributed by atoms with van der Waals surface area (Å²) >= 11 is 6.32. The molecular weight excluding hydrogens is 308 g/mol.